The maximum Gasteiger partial charge on any atom is 0.417 e. The molecule has 0 aliphatic carbocycles. The predicted octanol–water partition coefficient (Wildman–Crippen LogP) is 4.37. The van der Waals surface area contributed by atoms with Crippen molar-refractivity contribution < 1.29 is 34.6 Å². The lowest BCUT2D eigenvalue weighted by Crippen LogP contribution is -2.12. The second kappa shape index (κ2) is 6.54. The molecule has 0 aliphatic heterocycles. The largest absolute Gasteiger partial charge is 0.423 e. The van der Waals surface area contributed by atoms with Gasteiger partial charge in [-0.05, 0) is 30.3 Å². The molecule has 27 heavy (non-hydrogen) atoms. The van der Waals surface area contributed by atoms with Gasteiger partial charge in [0, 0.05) is 17.5 Å². The van der Waals surface area contributed by atoms with Crippen LogP contribution in [0.2, 0.25) is 5.02 Å². The Hall–Kier alpha value is -2.59. The van der Waals surface area contributed by atoms with E-state index in [1.807, 2.05) is 0 Å². The molecule has 3 rings (SSSR count). The topological polar surface area (TPSA) is 73.6 Å². The Labute approximate surface area is 153 Å². The first-order valence-electron chi connectivity index (χ1n) is 7.02. The third kappa shape index (κ3) is 3.91. The van der Waals surface area contributed by atoms with Crippen molar-refractivity contribution in [3.63, 3.8) is 0 Å². The smallest absolute Gasteiger partial charge is 0.417 e. The molecule has 1 heterocycles. The zero-order chi connectivity index (χ0) is 20.0. The minimum Gasteiger partial charge on any atom is -0.423 e. The second-order valence-electron chi connectivity index (χ2n) is 5.25. The number of rotatable bonds is 3. The normalized spacial score (nSPS) is 12.3. The van der Waals surface area contributed by atoms with Crippen LogP contribution in [0.5, 0.6) is 5.75 Å². The molecule has 3 aromatic rings. The van der Waals surface area contributed by atoms with Gasteiger partial charge in [-0.25, -0.2) is 9.18 Å². The molecule has 0 saturated heterocycles. The lowest BCUT2D eigenvalue weighted by molar-refractivity contribution is -0.136. The van der Waals surface area contributed by atoms with Crippen molar-refractivity contribution in [1.29, 1.82) is 0 Å². The molecule has 5 nitrogen and oxygen atoms in total. The standard InChI is InChI=1S/C16H7ClF4O5S/c17-12-6-9(2-4-13(12)18)27(23,24)26-8-1-3-10-11(16(19,20)21)7-15(22)25-14(10)5-8/h1-7H. The summed E-state index contributed by atoms with van der Waals surface area (Å²) in [7, 11) is -4.46. The fraction of sp³-hybridized carbons (Fsp3) is 0.0625. The summed E-state index contributed by atoms with van der Waals surface area (Å²) in [5.41, 5.74) is -3.01. The molecule has 0 spiro atoms. The second-order valence-corrected chi connectivity index (χ2v) is 7.20. The molecule has 0 fully saturated rings. The lowest BCUT2D eigenvalue weighted by Gasteiger charge is -2.11. The van der Waals surface area contributed by atoms with Crippen LogP contribution in [0.1, 0.15) is 5.56 Å². The van der Waals surface area contributed by atoms with Crippen molar-refractivity contribution in [3.8, 4) is 5.75 Å². The molecule has 2 aromatic carbocycles. The quantitative estimate of drug-likeness (QED) is 0.356. The van der Waals surface area contributed by atoms with Gasteiger partial charge in [0.15, 0.2) is 0 Å². The minimum atomic E-state index is -4.81. The third-order valence-electron chi connectivity index (χ3n) is 3.41. The first-order valence-corrected chi connectivity index (χ1v) is 8.81. The molecule has 1 aromatic heterocycles. The maximum absolute atomic E-state index is 13.2. The van der Waals surface area contributed by atoms with Crippen LogP contribution >= 0.6 is 11.6 Å². The first-order chi connectivity index (χ1) is 12.5. The molecule has 142 valence electrons. The van der Waals surface area contributed by atoms with Crippen LogP contribution in [-0.2, 0) is 16.3 Å². The van der Waals surface area contributed by atoms with Gasteiger partial charge in [-0.15, -0.1) is 0 Å². The summed E-state index contributed by atoms with van der Waals surface area (Å²) < 4.78 is 86.1. The Morgan fingerprint density at radius 3 is 2.37 bits per heavy atom. The van der Waals surface area contributed by atoms with Crippen LogP contribution in [0.25, 0.3) is 11.0 Å². The summed E-state index contributed by atoms with van der Waals surface area (Å²) in [6.07, 6.45) is -4.81. The van der Waals surface area contributed by atoms with E-state index < -0.39 is 59.9 Å². The van der Waals surface area contributed by atoms with Gasteiger partial charge in [-0.1, -0.05) is 11.6 Å². The average Bonchev–Trinajstić information content (AvgIpc) is 2.55. The number of benzene rings is 2. The molecule has 11 heteroatoms. The highest BCUT2D eigenvalue weighted by atomic mass is 35.5. The van der Waals surface area contributed by atoms with Crippen molar-refractivity contribution in [1.82, 2.24) is 0 Å². The van der Waals surface area contributed by atoms with Crippen molar-refractivity contribution >= 4 is 32.7 Å². The highest BCUT2D eigenvalue weighted by molar-refractivity contribution is 7.87. The molecule has 0 bridgehead atoms. The Morgan fingerprint density at radius 1 is 1.04 bits per heavy atom. The van der Waals surface area contributed by atoms with Crippen LogP contribution in [0.4, 0.5) is 17.6 Å². The third-order valence-corrected chi connectivity index (χ3v) is 4.94. The zero-order valence-electron chi connectivity index (χ0n) is 12.9. The molecule has 0 unspecified atom stereocenters. The van der Waals surface area contributed by atoms with Crippen LogP contribution in [0, 0.1) is 5.82 Å². The van der Waals surface area contributed by atoms with Crippen molar-refractivity contribution in [2.45, 2.75) is 11.1 Å². The van der Waals surface area contributed by atoms with E-state index >= 15 is 0 Å². The molecule has 0 atom stereocenters. The van der Waals surface area contributed by atoms with E-state index in [0.717, 1.165) is 36.4 Å². The first kappa shape index (κ1) is 19.2. The molecule has 0 aliphatic rings. The summed E-state index contributed by atoms with van der Waals surface area (Å²) in [6, 6.07) is 5.51. The predicted molar refractivity (Wildman–Crippen MR) is 86.7 cm³/mol. The number of hydrogen-bond acceptors (Lipinski definition) is 5. The average molecular weight is 423 g/mol. The summed E-state index contributed by atoms with van der Waals surface area (Å²) in [6.45, 7) is 0. The number of hydrogen-bond donors (Lipinski definition) is 0. The van der Waals surface area contributed by atoms with Gasteiger partial charge in [-0.3, -0.25) is 0 Å². The zero-order valence-corrected chi connectivity index (χ0v) is 14.5. The summed E-state index contributed by atoms with van der Waals surface area (Å²) in [4.78, 5) is 10.9. The van der Waals surface area contributed by atoms with Gasteiger partial charge in [0.05, 0.1) is 10.6 Å². The van der Waals surface area contributed by atoms with Gasteiger partial charge in [-0.2, -0.15) is 21.6 Å². The molecule has 0 saturated carbocycles. The molecule has 0 amide bonds. The van der Waals surface area contributed by atoms with Gasteiger partial charge < -0.3 is 8.60 Å². The Kier molecular flexibility index (Phi) is 4.64. The number of alkyl halides is 3. The summed E-state index contributed by atoms with van der Waals surface area (Å²) in [5, 5.41) is -0.907. The van der Waals surface area contributed by atoms with Gasteiger partial charge in [0.2, 0.25) is 0 Å². The summed E-state index contributed by atoms with van der Waals surface area (Å²) >= 11 is 5.53. The Balaban J connectivity index is 2.05. The van der Waals surface area contributed by atoms with Crippen molar-refractivity contribution in [3.05, 3.63) is 69.3 Å². The SMILES string of the molecule is O=c1cc(C(F)(F)F)c2ccc(OS(=O)(=O)c3ccc(F)c(Cl)c3)cc2o1. The molecular weight excluding hydrogens is 416 g/mol. The number of fused-ring (bicyclic) bond motifs is 1. The molecular formula is C16H7ClF4O5S. The van der Waals surface area contributed by atoms with Crippen molar-refractivity contribution in [2.24, 2.45) is 0 Å². The van der Waals surface area contributed by atoms with E-state index in [1.54, 1.807) is 0 Å². The van der Waals surface area contributed by atoms with Crippen LogP contribution in [0.3, 0.4) is 0 Å². The van der Waals surface area contributed by atoms with Gasteiger partial charge in [0.1, 0.15) is 22.0 Å². The minimum absolute atomic E-state index is 0.292. The Morgan fingerprint density at radius 2 is 1.74 bits per heavy atom. The van der Waals surface area contributed by atoms with E-state index in [0.29, 0.717) is 6.07 Å². The van der Waals surface area contributed by atoms with E-state index in [1.165, 1.54) is 0 Å². The van der Waals surface area contributed by atoms with Crippen LogP contribution < -0.4 is 9.81 Å². The van der Waals surface area contributed by atoms with E-state index in [9.17, 15) is 30.8 Å². The van der Waals surface area contributed by atoms with E-state index in [4.69, 9.17) is 20.2 Å². The van der Waals surface area contributed by atoms with Gasteiger partial charge >= 0.3 is 21.9 Å². The van der Waals surface area contributed by atoms with Crippen LogP contribution in [0.15, 0.2) is 56.6 Å². The molecule has 0 radical (unpaired) electrons. The lowest BCUT2D eigenvalue weighted by atomic mass is 10.1. The fourth-order valence-corrected chi connectivity index (χ4v) is 3.43. The highest BCUT2D eigenvalue weighted by Crippen LogP contribution is 2.35. The monoisotopic (exact) mass is 422 g/mol. The van der Waals surface area contributed by atoms with Crippen LogP contribution in [-0.4, -0.2) is 8.42 Å². The van der Waals surface area contributed by atoms with Gasteiger partial charge in [0.25, 0.3) is 0 Å². The van der Waals surface area contributed by atoms with E-state index in [2.05, 4.69) is 0 Å². The number of halogens is 5. The Bertz CT molecular complexity index is 1200. The summed E-state index contributed by atoms with van der Waals surface area (Å²) in [5.74, 6) is -1.26. The van der Waals surface area contributed by atoms with Crippen molar-refractivity contribution in [2.75, 3.05) is 0 Å². The highest BCUT2D eigenvalue weighted by Gasteiger charge is 2.34. The molecule has 0 N–H and O–H groups in total. The fourth-order valence-electron chi connectivity index (χ4n) is 2.24. The van der Waals surface area contributed by atoms with E-state index in [-0.39, 0.29) is 0 Å². The maximum atomic E-state index is 13.2.